The Labute approximate surface area is 162 Å². The number of aryl methyl sites for hydroxylation is 1. The fourth-order valence-corrected chi connectivity index (χ4v) is 3.63. The average molecular weight is 376 g/mol. The number of imidazole rings is 2. The molecule has 0 saturated heterocycles. The Morgan fingerprint density at radius 1 is 1.11 bits per heavy atom. The van der Waals surface area contributed by atoms with Crippen molar-refractivity contribution >= 4 is 22.8 Å². The highest BCUT2D eigenvalue weighted by Crippen LogP contribution is 2.34. The first kappa shape index (κ1) is 17.4. The van der Waals surface area contributed by atoms with Crippen LogP contribution < -0.4 is 5.32 Å². The molecule has 4 rings (SSSR count). The van der Waals surface area contributed by atoms with Crippen molar-refractivity contribution in [2.24, 2.45) is 7.05 Å². The fraction of sp³-hybridized carbons (Fsp3) is 0.238. The van der Waals surface area contributed by atoms with Crippen molar-refractivity contribution < 1.29 is 0 Å². The average Bonchev–Trinajstić information content (AvgIpc) is 3.31. The summed E-state index contributed by atoms with van der Waals surface area (Å²) in [6.07, 6.45) is 5.57. The van der Waals surface area contributed by atoms with Gasteiger partial charge >= 0.3 is 0 Å². The summed E-state index contributed by atoms with van der Waals surface area (Å²) in [6, 6.07) is 10.2. The van der Waals surface area contributed by atoms with Gasteiger partial charge in [0.15, 0.2) is 0 Å². The van der Waals surface area contributed by atoms with Crippen LogP contribution in [0.1, 0.15) is 31.3 Å². The second-order valence-electron chi connectivity index (χ2n) is 7.42. The lowest BCUT2D eigenvalue weighted by molar-refractivity contribution is 0.630. The quantitative estimate of drug-likeness (QED) is 0.528. The maximum atomic E-state index is 4.85. The second-order valence-corrected chi connectivity index (χ2v) is 8.50. The molecule has 4 heterocycles. The molecule has 4 aromatic heterocycles. The van der Waals surface area contributed by atoms with E-state index in [1.807, 2.05) is 42.1 Å². The number of nitrogens with zero attached hydrogens (tertiary/aromatic N) is 4. The molecule has 0 aliphatic heterocycles. The molecule has 0 unspecified atom stereocenters. The third-order valence-corrected chi connectivity index (χ3v) is 5.00. The highest BCUT2D eigenvalue weighted by molar-refractivity contribution is 7.16. The molecule has 6 heteroatoms. The third kappa shape index (κ3) is 3.60. The van der Waals surface area contributed by atoms with Gasteiger partial charge in [-0.15, -0.1) is 11.3 Å². The molecule has 0 radical (unpaired) electrons. The highest BCUT2D eigenvalue weighted by atomic mass is 32.1. The summed E-state index contributed by atoms with van der Waals surface area (Å²) in [5.41, 5.74) is 2.71. The van der Waals surface area contributed by atoms with Gasteiger partial charge in [0.2, 0.25) is 0 Å². The van der Waals surface area contributed by atoms with Crippen LogP contribution in [0.2, 0.25) is 0 Å². The van der Waals surface area contributed by atoms with Crippen LogP contribution in [-0.2, 0) is 7.05 Å². The number of rotatable bonds is 2. The first-order chi connectivity index (χ1) is 12.9. The van der Waals surface area contributed by atoms with E-state index in [0.29, 0.717) is 0 Å². The normalized spacial score (nSPS) is 11.4. The van der Waals surface area contributed by atoms with Gasteiger partial charge in [0, 0.05) is 18.8 Å². The summed E-state index contributed by atoms with van der Waals surface area (Å²) in [4.78, 5) is 11.1. The lowest BCUT2D eigenvalue weighted by Crippen LogP contribution is -2.27. The Kier molecular flexibility index (Phi) is 4.25. The van der Waals surface area contributed by atoms with Gasteiger partial charge in [-0.3, -0.25) is 4.40 Å². The van der Waals surface area contributed by atoms with E-state index >= 15 is 0 Å². The molecule has 0 aliphatic rings. The molecule has 5 nitrogen and oxygen atoms in total. The Morgan fingerprint density at radius 2 is 1.96 bits per heavy atom. The minimum atomic E-state index is -0.0695. The van der Waals surface area contributed by atoms with Crippen LogP contribution in [0.5, 0.6) is 0 Å². The Balaban J connectivity index is 1.75. The van der Waals surface area contributed by atoms with Crippen LogP contribution in [0.25, 0.3) is 16.2 Å². The van der Waals surface area contributed by atoms with Crippen LogP contribution in [0.4, 0.5) is 5.82 Å². The largest absolute Gasteiger partial charge is 0.365 e. The molecule has 27 heavy (non-hydrogen) atoms. The lowest BCUT2D eigenvalue weighted by atomic mass is 10.1. The number of hydrogen-bond donors (Lipinski definition) is 1. The van der Waals surface area contributed by atoms with Crippen molar-refractivity contribution in [3.8, 4) is 22.4 Å². The molecule has 0 amide bonds. The number of thiophene rings is 1. The van der Waals surface area contributed by atoms with Gasteiger partial charge in [-0.05, 0) is 56.9 Å². The highest BCUT2D eigenvalue weighted by Gasteiger charge is 2.20. The van der Waals surface area contributed by atoms with E-state index in [1.165, 1.54) is 0 Å². The van der Waals surface area contributed by atoms with Crippen molar-refractivity contribution in [2.45, 2.75) is 26.3 Å². The smallest absolute Gasteiger partial charge is 0.140 e. The van der Waals surface area contributed by atoms with E-state index in [-0.39, 0.29) is 5.54 Å². The van der Waals surface area contributed by atoms with Gasteiger partial charge in [-0.2, -0.15) is 0 Å². The van der Waals surface area contributed by atoms with Gasteiger partial charge in [0.1, 0.15) is 22.9 Å². The number of fused-ring (bicyclic) bond motifs is 1. The number of nitrogens with one attached hydrogen (secondary N) is 1. The minimum Gasteiger partial charge on any atom is -0.365 e. The first-order valence-corrected chi connectivity index (χ1v) is 9.56. The summed E-state index contributed by atoms with van der Waals surface area (Å²) < 4.78 is 4.01. The van der Waals surface area contributed by atoms with E-state index in [9.17, 15) is 0 Å². The van der Waals surface area contributed by atoms with Crippen LogP contribution in [-0.4, -0.2) is 24.5 Å². The van der Waals surface area contributed by atoms with Crippen molar-refractivity contribution in [1.82, 2.24) is 18.9 Å². The lowest BCUT2D eigenvalue weighted by Gasteiger charge is -2.22. The summed E-state index contributed by atoms with van der Waals surface area (Å²) in [6.45, 7) is 6.45. The van der Waals surface area contributed by atoms with E-state index in [4.69, 9.17) is 4.98 Å². The molecule has 0 aromatic carbocycles. The van der Waals surface area contributed by atoms with Crippen molar-refractivity contribution in [3.63, 3.8) is 0 Å². The topological polar surface area (TPSA) is 47.2 Å². The van der Waals surface area contributed by atoms with Crippen LogP contribution in [0.3, 0.4) is 0 Å². The molecular formula is C21H21N5S. The molecule has 4 aromatic rings. The first-order valence-electron chi connectivity index (χ1n) is 8.74. The van der Waals surface area contributed by atoms with Crippen LogP contribution >= 0.6 is 11.3 Å². The Bertz CT molecular complexity index is 1160. The molecule has 136 valence electrons. The molecule has 0 atom stereocenters. The third-order valence-electron chi connectivity index (χ3n) is 3.99. The van der Waals surface area contributed by atoms with E-state index in [1.54, 1.807) is 23.9 Å². The summed E-state index contributed by atoms with van der Waals surface area (Å²) in [7, 11) is 1.94. The predicted octanol–water partition coefficient (Wildman–Crippen LogP) is 4.41. The zero-order valence-electron chi connectivity index (χ0n) is 15.8. The van der Waals surface area contributed by atoms with Crippen molar-refractivity contribution in [2.75, 3.05) is 5.32 Å². The molecule has 0 bridgehead atoms. The molecule has 0 saturated carbocycles. The van der Waals surface area contributed by atoms with Crippen LogP contribution in [0.15, 0.2) is 49.1 Å². The minimum absolute atomic E-state index is 0.0695. The van der Waals surface area contributed by atoms with Gasteiger partial charge in [0.05, 0.1) is 22.3 Å². The monoisotopic (exact) mass is 375 g/mol. The summed E-state index contributed by atoms with van der Waals surface area (Å²) >= 11 is 1.65. The van der Waals surface area contributed by atoms with Gasteiger partial charge in [0.25, 0.3) is 0 Å². The maximum Gasteiger partial charge on any atom is 0.140 e. The molecule has 0 spiro atoms. The molecule has 0 fully saturated rings. The van der Waals surface area contributed by atoms with E-state index < -0.39 is 0 Å². The molecular weight excluding hydrogens is 354 g/mol. The fourth-order valence-electron chi connectivity index (χ4n) is 2.78. The number of aromatic nitrogens is 4. The van der Waals surface area contributed by atoms with Crippen LogP contribution in [0, 0.1) is 11.8 Å². The Morgan fingerprint density at radius 3 is 2.70 bits per heavy atom. The number of hydrogen-bond acceptors (Lipinski definition) is 4. The number of pyridine rings is 1. The zero-order valence-corrected chi connectivity index (χ0v) is 16.6. The summed E-state index contributed by atoms with van der Waals surface area (Å²) in [5.74, 6) is 7.41. The van der Waals surface area contributed by atoms with Gasteiger partial charge in [-0.1, -0.05) is 6.07 Å². The van der Waals surface area contributed by atoms with E-state index in [0.717, 1.165) is 32.6 Å². The SMILES string of the molecule is Cn1cncc1C#Cc1ccc(-c2nc3ccccn3c2NC(C)(C)C)s1. The summed E-state index contributed by atoms with van der Waals surface area (Å²) in [5, 5.41) is 3.60. The maximum absolute atomic E-state index is 4.85. The van der Waals surface area contributed by atoms with Gasteiger partial charge in [-0.25, -0.2) is 9.97 Å². The standard InChI is InChI=1S/C21H21N5S/c1-21(2,3)24-20-19(23-18-7-5-6-12-26(18)20)17-11-10-16(27-17)9-8-15-13-22-14-25(15)4/h5-7,10-14,24H,1-4H3. The number of anilines is 1. The molecule has 1 N–H and O–H groups in total. The predicted molar refractivity (Wildman–Crippen MR) is 111 cm³/mol. The molecule has 0 aliphatic carbocycles. The second kappa shape index (κ2) is 6.60. The zero-order chi connectivity index (χ0) is 19.0. The van der Waals surface area contributed by atoms with Crippen molar-refractivity contribution in [1.29, 1.82) is 0 Å². The van der Waals surface area contributed by atoms with E-state index in [2.05, 4.69) is 53.4 Å². The van der Waals surface area contributed by atoms with Gasteiger partial charge < -0.3 is 9.88 Å². The van der Waals surface area contributed by atoms with Crippen molar-refractivity contribution in [3.05, 3.63) is 59.6 Å². The Hall–Kier alpha value is -3.04.